The molecule has 0 bridgehead atoms. The zero-order valence-electron chi connectivity index (χ0n) is 23.2. The Bertz CT molecular complexity index is 1530. The zero-order chi connectivity index (χ0) is 28.3. The van der Waals surface area contributed by atoms with Gasteiger partial charge in [-0.1, -0.05) is 51.1 Å². The number of hydrogen-bond donors (Lipinski definition) is 1. The number of amides is 1. The lowest BCUT2D eigenvalue weighted by atomic mass is 9.87. The Balaban J connectivity index is 1.53. The van der Waals surface area contributed by atoms with E-state index >= 15 is 0 Å². The summed E-state index contributed by atoms with van der Waals surface area (Å²) in [5.41, 5.74) is 2.48. The number of hydrazine groups is 1. The van der Waals surface area contributed by atoms with Gasteiger partial charge < -0.3 is 14.8 Å². The maximum atomic E-state index is 13.6. The number of carbonyl (C=O) groups is 2. The van der Waals surface area contributed by atoms with Crippen LogP contribution in [0.4, 0.5) is 17.2 Å². The van der Waals surface area contributed by atoms with E-state index in [-0.39, 0.29) is 5.41 Å². The van der Waals surface area contributed by atoms with Crippen LogP contribution in [0.5, 0.6) is 5.75 Å². The van der Waals surface area contributed by atoms with Crippen LogP contribution in [0.15, 0.2) is 73.2 Å². The third-order valence-corrected chi connectivity index (χ3v) is 6.95. The van der Waals surface area contributed by atoms with Crippen LogP contribution >= 0.6 is 0 Å². The minimum atomic E-state index is -0.733. The number of anilines is 3. The van der Waals surface area contributed by atoms with Crippen LogP contribution in [-0.2, 0) is 14.9 Å². The Morgan fingerprint density at radius 1 is 1.00 bits per heavy atom. The van der Waals surface area contributed by atoms with E-state index in [0.717, 1.165) is 16.6 Å². The maximum absolute atomic E-state index is 13.6. The van der Waals surface area contributed by atoms with Crippen molar-refractivity contribution < 1.29 is 19.1 Å². The number of ether oxygens (including phenoxy) is 2. The monoisotopic (exact) mass is 539 g/mol. The van der Waals surface area contributed by atoms with Gasteiger partial charge in [0.05, 0.1) is 31.7 Å². The molecule has 1 aliphatic rings. The van der Waals surface area contributed by atoms with Gasteiger partial charge in [0, 0.05) is 36.3 Å². The highest BCUT2D eigenvalue weighted by Crippen LogP contribution is 2.36. The number of ketones is 1. The van der Waals surface area contributed by atoms with E-state index < -0.39 is 11.7 Å². The van der Waals surface area contributed by atoms with Crippen molar-refractivity contribution in [3.63, 3.8) is 0 Å². The number of carbonyl (C=O) groups excluding carboxylic acids is 2. The van der Waals surface area contributed by atoms with Gasteiger partial charge in [-0.25, -0.2) is 15.0 Å². The maximum Gasteiger partial charge on any atom is 0.296 e. The Morgan fingerprint density at radius 2 is 1.75 bits per heavy atom. The van der Waals surface area contributed by atoms with E-state index in [9.17, 15) is 9.59 Å². The largest absolute Gasteiger partial charge is 0.495 e. The van der Waals surface area contributed by atoms with Gasteiger partial charge in [0.2, 0.25) is 0 Å². The van der Waals surface area contributed by atoms with Gasteiger partial charge in [-0.05, 0) is 40.6 Å². The normalized spacial score (nSPS) is 14.1. The van der Waals surface area contributed by atoms with Crippen LogP contribution in [0.25, 0.3) is 10.8 Å². The van der Waals surface area contributed by atoms with Crippen LogP contribution in [0, 0.1) is 0 Å². The standard InChI is InChI=1S/C31H33N5O4/c1-31(2,3)21-9-12-27(39-4)25(19-21)34-30(38)29(37)24-10-11-26(23-8-6-5-7-22(23)24)36(28-13-14-32-20-33-28)35-15-17-40-18-16-35/h5-14,19-20H,15-18H2,1-4H3,(H,34,38). The molecule has 0 unspecified atom stereocenters. The summed E-state index contributed by atoms with van der Waals surface area (Å²) in [5, 5.41) is 8.47. The molecule has 1 amide bonds. The van der Waals surface area contributed by atoms with E-state index in [1.807, 2.05) is 53.5 Å². The number of hydrogen-bond acceptors (Lipinski definition) is 8. The van der Waals surface area contributed by atoms with Crippen molar-refractivity contribution in [1.82, 2.24) is 15.0 Å². The number of Topliss-reactive ketones (excluding diaryl/α,β-unsaturated/α-hetero) is 1. The van der Waals surface area contributed by atoms with Gasteiger partial charge in [0.25, 0.3) is 11.7 Å². The predicted molar refractivity (Wildman–Crippen MR) is 155 cm³/mol. The summed E-state index contributed by atoms with van der Waals surface area (Å²) in [6.07, 6.45) is 3.21. The van der Waals surface area contributed by atoms with Gasteiger partial charge >= 0.3 is 0 Å². The summed E-state index contributed by atoms with van der Waals surface area (Å²) in [6, 6.07) is 18.6. The summed E-state index contributed by atoms with van der Waals surface area (Å²) in [6.45, 7) is 8.79. The lowest BCUT2D eigenvalue weighted by Gasteiger charge is -2.38. The molecule has 1 aliphatic heterocycles. The van der Waals surface area contributed by atoms with Crippen molar-refractivity contribution >= 4 is 39.7 Å². The van der Waals surface area contributed by atoms with Gasteiger partial charge in [-0.15, -0.1) is 0 Å². The molecule has 1 fully saturated rings. The topological polar surface area (TPSA) is 96.9 Å². The molecule has 40 heavy (non-hydrogen) atoms. The molecular weight excluding hydrogens is 506 g/mol. The highest BCUT2D eigenvalue weighted by molar-refractivity contribution is 6.48. The molecule has 9 heteroatoms. The molecule has 0 radical (unpaired) electrons. The molecule has 4 aromatic rings. The summed E-state index contributed by atoms with van der Waals surface area (Å²) >= 11 is 0. The average Bonchev–Trinajstić information content (AvgIpc) is 2.97. The molecule has 0 aliphatic carbocycles. The minimum Gasteiger partial charge on any atom is -0.495 e. The second-order valence-corrected chi connectivity index (χ2v) is 10.6. The Labute approximate surface area is 233 Å². The van der Waals surface area contributed by atoms with Gasteiger partial charge in [-0.3, -0.25) is 14.6 Å². The molecule has 0 spiro atoms. The van der Waals surface area contributed by atoms with Crippen LogP contribution in [0.2, 0.25) is 0 Å². The molecule has 1 saturated heterocycles. The fourth-order valence-electron chi connectivity index (χ4n) is 4.82. The van der Waals surface area contributed by atoms with Crippen molar-refractivity contribution in [2.45, 2.75) is 26.2 Å². The molecule has 206 valence electrons. The predicted octanol–water partition coefficient (Wildman–Crippen LogP) is 5.14. The summed E-state index contributed by atoms with van der Waals surface area (Å²) in [7, 11) is 1.54. The smallest absolute Gasteiger partial charge is 0.296 e. The van der Waals surface area contributed by atoms with Crippen LogP contribution in [-0.4, -0.2) is 60.1 Å². The summed E-state index contributed by atoms with van der Waals surface area (Å²) in [4.78, 5) is 35.5. The van der Waals surface area contributed by atoms with E-state index in [2.05, 4.69) is 41.1 Å². The molecule has 9 nitrogen and oxygen atoms in total. The summed E-state index contributed by atoms with van der Waals surface area (Å²) in [5.74, 6) is -0.181. The summed E-state index contributed by atoms with van der Waals surface area (Å²) < 4.78 is 11.0. The minimum absolute atomic E-state index is 0.141. The number of nitrogens with zero attached hydrogens (tertiary/aromatic N) is 4. The van der Waals surface area contributed by atoms with E-state index in [4.69, 9.17) is 9.47 Å². The first-order valence-corrected chi connectivity index (χ1v) is 13.2. The highest BCUT2D eigenvalue weighted by atomic mass is 16.5. The molecule has 5 rings (SSSR count). The van der Waals surface area contributed by atoms with Crippen molar-refractivity contribution in [2.75, 3.05) is 43.7 Å². The van der Waals surface area contributed by atoms with Crippen molar-refractivity contribution in [3.05, 3.63) is 84.3 Å². The molecule has 1 aromatic heterocycles. The average molecular weight is 540 g/mol. The Morgan fingerprint density at radius 3 is 2.42 bits per heavy atom. The second kappa shape index (κ2) is 11.4. The quantitative estimate of drug-likeness (QED) is 0.255. The third kappa shape index (κ3) is 5.52. The van der Waals surface area contributed by atoms with E-state index in [1.165, 1.54) is 13.4 Å². The lowest BCUT2D eigenvalue weighted by molar-refractivity contribution is -0.112. The van der Waals surface area contributed by atoms with Crippen molar-refractivity contribution in [3.8, 4) is 5.75 Å². The fraction of sp³-hybridized carbons (Fsp3) is 0.290. The van der Waals surface area contributed by atoms with Crippen molar-refractivity contribution in [2.24, 2.45) is 0 Å². The Kier molecular flexibility index (Phi) is 7.77. The van der Waals surface area contributed by atoms with Gasteiger partial charge in [0.15, 0.2) is 5.82 Å². The van der Waals surface area contributed by atoms with E-state index in [1.54, 1.807) is 18.3 Å². The Hall–Kier alpha value is -4.34. The van der Waals surface area contributed by atoms with Crippen molar-refractivity contribution in [1.29, 1.82) is 0 Å². The number of aromatic nitrogens is 2. The van der Waals surface area contributed by atoms with Crippen LogP contribution < -0.4 is 15.1 Å². The fourth-order valence-corrected chi connectivity index (χ4v) is 4.82. The van der Waals surface area contributed by atoms with Gasteiger partial charge in [0.1, 0.15) is 12.1 Å². The molecule has 0 saturated carbocycles. The van der Waals surface area contributed by atoms with Gasteiger partial charge in [-0.2, -0.15) is 0 Å². The molecule has 3 aromatic carbocycles. The second-order valence-electron chi connectivity index (χ2n) is 10.6. The zero-order valence-corrected chi connectivity index (χ0v) is 23.2. The molecule has 0 atom stereocenters. The molecular formula is C31H33N5O4. The van der Waals surface area contributed by atoms with Crippen LogP contribution in [0.1, 0.15) is 36.7 Å². The first kappa shape index (κ1) is 27.2. The lowest BCUT2D eigenvalue weighted by Crippen LogP contribution is -2.47. The number of nitrogens with one attached hydrogen (secondary N) is 1. The number of fused-ring (bicyclic) bond motifs is 1. The van der Waals surface area contributed by atoms with Crippen LogP contribution in [0.3, 0.4) is 0 Å². The SMILES string of the molecule is COc1ccc(C(C)(C)C)cc1NC(=O)C(=O)c1ccc(N(c2ccncn2)N2CCOCC2)c2ccccc12. The number of morpholine rings is 1. The highest BCUT2D eigenvalue weighted by Gasteiger charge is 2.27. The van der Waals surface area contributed by atoms with E-state index in [0.29, 0.717) is 54.5 Å². The number of rotatable bonds is 7. The number of methoxy groups -OCH3 is 1. The first-order chi connectivity index (χ1) is 19.3. The first-order valence-electron chi connectivity index (χ1n) is 13.2. The molecule has 1 N–H and O–H groups in total. The number of benzene rings is 3. The molecule has 2 heterocycles. The third-order valence-electron chi connectivity index (χ3n) is 6.95.